The molecule has 24 nitrogen and oxygen atoms in total. The molecule has 1 fully saturated rings. The van der Waals surface area contributed by atoms with Crippen molar-refractivity contribution in [3.05, 3.63) is 12.7 Å². The van der Waals surface area contributed by atoms with Crippen molar-refractivity contribution in [1.82, 2.24) is 30.2 Å². The lowest BCUT2D eigenvalue weighted by Crippen LogP contribution is -2.46. The summed E-state index contributed by atoms with van der Waals surface area (Å²) >= 11 is 1.15. The predicted molar refractivity (Wildman–Crippen MR) is 219 cm³/mol. The molecule has 0 unspecified atom stereocenters. The topological polar surface area (TPSA) is 364 Å². The first-order chi connectivity index (χ1) is 28.6. The van der Waals surface area contributed by atoms with Crippen molar-refractivity contribution in [2.45, 2.75) is 122 Å². The lowest BCUT2D eigenvalue weighted by molar-refractivity contribution is -0.137. The number of nitrogens with two attached hydrogens (primary N) is 1. The number of nitrogen functional groups attached to an aromatic ring is 1. The Balaban J connectivity index is 1.38. The third-order valence-electron chi connectivity index (χ3n) is 9.25. The Hall–Kier alpha value is -2.44. The minimum Gasteiger partial charge on any atom is -0.386 e. The van der Waals surface area contributed by atoms with Gasteiger partial charge in [-0.3, -0.25) is 32.5 Å². The van der Waals surface area contributed by atoms with Crippen molar-refractivity contribution < 1.29 is 80.5 Å². The average Bonchev–Trinajstić information content (AvgIpc) is 3.73. The number of imidazole rings is 1. The van der Waals surface area contributed by atoms with Crippen LogP contribution < -0.4 is 16.4 Å². The van der Waals surface area contributed by atoms with Gasteiger partial charge in [0, 0.05) is 37.1 Å². The summed E-state index contributed by atoms with van der Waals surface area (Å²) in [7, 11) is -16.4. The Morgan fingerprint density at radius 1 is 0.934 bits per heavy atom. The Bertz CT molecular complexity index is 1890. The molecule has 0 bridgehead atoms. The summed E-state index contributed by atoms with van der Waals surface area (Å²) in [4.78, 5) is 88.0. The number of aromatic nitrogens is 4. The van der Waals surface area contributed by atoms with Gasteiger partial charge in [0.1, 0.15) is 36.3 Å². The Labute approximate surface area is 356 Å². The number of phosphoric ester groups is 3. The molecule has 0 aliphatic carbocycles. The number of thioether (sulfide) groups is 1. The minimum atomic E-state index is -5.57. The van der Waals surface area contributed by atoms with Crippen LogP contribution in [0.2, 0.25) is 0 Å². The number of hydrogen-bond donors (Lipinski definition) is 9. The van der Waals surface area contributed by atoms with Gasteiger partial charge in [0.05, 0.1) is 19.5 Å². The van der Waals surface area contributed by atoms with Crippen LogP contribution in [0, 0.1) is 5.41 Å². The van der Waals surface area contributed by atoms with E-state index in [0.29, 0.717) is 12.2 Å². The zero-order chi connectivity index (χ0) is 45.4. The Morgan fingerprint density at radius 2 is 1.57 bits per heavy atom. The first kappa shape index (κ1) is 52.9. The molecule has 1 aliphatic heterocycles. The number of phosphoric acid groups is 3. The molecule has 1 aliphatic rings. The minimum absolute atomic E-state index is 0.0332. The maximum Gasteiger partial charge on any atom is 0.481 e. The Kier molecular flexibility index (Phi) is 21.3. The van der Waals surface area contributed by atoms with E-state index in [1.807, 2.05) is 0 Å². The highest BCUT2D eigenvalue weighted by atomic mass is 32.2. The first-order valence-corrected chi connectivity index (χ1v) is 25.1. The van der Waals surface area contributed by atoms with Gasteiger partial charge < -0.3 is 50.9 Å². The maximum atomic E-state index is 12.7. The highest BCUT2D eigenvalue weighted by molar-refractivity contribution is 8.13. The fourth-order valence-corrected chi connectivity index (χ4v) is 9.50. The highest BCUT2D eigenvalue weighted by Crippen LogP contribution is 2.61. The number of aliphatic hydroxyl groups excluding tert-OH is 2. The second-order valence-electron chi connectivity index (χ2n) is 14.9. The van der Waals surface area contributed by atoms with Crippen molar-refractivity contribution in [2.75, 3.05) is 37.8 Å². The zero-order valence-corrected chi connectivity index (χ0v) is 37.6. The molecule has 0 spiro atoms. The average molecular weight is 950 g/mol. The number of nitrogens with zero attached hydrogens (tertiary/aromatic N) is 4. The van der Waals surface area contributed by atoms with Crippen LogP contribution in [0.15, 0.2) is 12.7 Å². The van der Waals surface area contributed by atoms with Crippen LogP contribution in [-0.2, 0) is 50.7 Å². The number of nitrogens with one attached hydrogen (secondary N) is 2. The summed E-state index contributed by atoms with van der Waals surface area (Å²) in [6.45, 7) is 2.76. The van der Waals surface area contributed by atoms with Crippen LogP contribution in [0.1, 0.15) is 97.6 Å². The molecule has 0 saturated carbocycles. The van der Waals surface area contributed by atoms with Crippen molar-refractivity contribution >= 4 is 69.1 Å². The number of amides is 2. The summed E-state index contributed by atoms with van der Waals surface area (Å²) < 4.78 is 62.3. The van der Waals surface area contributed by atoms with E-state index in [1.165, 1.54) is 52.4 Å². The summed E-state index contributed by atoms with van der Waals surface area (Å²) in [5, 5.41) is 26.6. The van der Waals surface area contributed by atoms with E-state index in [2.05, 4.69) is 41.3 Å². The molecule has 2 aromatic rings. The van der Waals surface area contributed by atoms with Crippen molar-refractivity contribution in [1.29, 1.82) is 0 Å². The second kappa shape index (κ2) is 24.6. The molecule has 348 valence electrons. The molecule has 1 saturated heterocycles. The molecule has 61 heavy (non-hydrogen) atoms. The van der Waals surface area contributed by atoms with E-state index in [9.17, 15) is 57.9 Å². The zero-order valence-electron chi connectivity index (χ0n) is 34.1. The quantitative estimate of drug-likeness (QED) is 0.0418. The number of anilines is 1. The SMILES string of the molecule is CCCCCCCCCCCC(=O)SCCNC(=O)CCNC(=O)[C@@H](O)C(C)(C)CO[P@@](=O)(O)O[P@](=O)(O)OC[C@@H]1O[C@@H](n2cnc3c(N)ncnc32)[C@H](O)[C@H]1OP(=O)(O)O. The second-order valence-corrected chi connectivity index (χ2v) is 20.3. The number of carbonyl (C=O) groups is 3. The van der Waals surface area contributed by atoms with Gasteiger partial charge in [-0.15, -0.1) is 0 Å². The van der Waals surface area contributed by atoms with Crippen LogP contribution in [-0.4, -0.2) is 123 Å². The monoisotopic (exact) mass is 949 g/mol. The Morgan fingerprint density at radius 3 is 2.23 bits per heavy atom. The van der Waals surface area contributed by atoms with Crippen LogP contribution in [0.5, 0.6) is 0 Å². The molecular weight excluding hydrogens is 891 g/mol. The predicted octanol–water partition coefficient (Wildman–Crippen LogP) is 2.59. The van der Waals surface area contributed by atoms with Crippen LogP contribution >= 0.6 is 35.2 Å². The van der Waals surface area contributed by atoms with Crippen molar-refractivity contribution in [2.24, 2.45) is 5.41 Å². The van der Waals surface area contributed by atoms with Gasteiger partial charge in [0.2, 0.25) is 11.8 Å². The summed E-state index contributed by atoms with van der Waals surface area (Å²) in [5.41, 5.74) is 4.28. The number of fused-ring (bicyclic) bond motifs is 1. The molecule has 28 heteroatoms. The molecule has 0 aromatic carbocycles. The highest BCUT2D eigenvalue weighted by Gasteiger charge is 2.50. The molecule has 10 N–H and O–H groups in total. The van der Waals surface area contributed by atoms with E-state index < -0.39 is 84.6 Å². The molecular formula is C33H58N7O17P3S. The van der Waals surface area contributed by atoms with Gasteiger partial charge >= 0.3 is 23.5 Å². The smallest absolute Gasteiger partial charge is 0.386 e. The summed E-state index contributed by atoms with van der Waals surface area (Å²) in [6.07, 6.45) is 4.02. The number of hydrogen-bond acceptors (Lipinski definition) is 18. The summed E-state index contributed by atoms with van der Waals surface area (Å²) in [6, 6.07) is 0. The van der Waals surface area contributed by atoms with Crippen LogP contribution in [0.4, 0.5) is 5.82 Å². The van der Waals surface area contributed by atoms with Crippen LogP contribution in [0.25, 0.3) is 11.2 Å². The lowest BCUT2D eigenvalue weighted by atomic mass is 9.87. The largest absolute Gasteiger partial charge is 0.481 e. The van der Waals surface area contributed by atoms with E-state index in [0.717, 1.165) is 48.2 Å². The molecule has 2 amide bonds. The van der Waals surface area contributed by atoms with E-state index in [4.69, 9.17) is 19.5 Å². The number of aliphatic hydroxyl groups is 2. The molecule has 2 aromatic heterocycles. The lowest BCUT2D eigenvalue weighted by Gasteiger charge is -2.30. The molecule has 0 radical (unpaired) electrons. The van der Waals surface area contributed by atoms with Crippen molar-refractivity contribution in [3.8, 4) is 0 Å². The fourth-order valence-electron chi connectivity index (χ4n) is 5.95. The van der Waals surface area contributed by atoms with Crippen LogP contribution in [0.3, 0.4) is 0 Å². The van der Waals surface area contributed by atoms with Crippen molar-refractivity contribution in [3.63, 3.8) is 0 Å². The first-order valence-electron chi connectivity index (χ1n) is 19.6. The maximum absolute atomic E-state index is 12.7. The number of rotatable bonds is 29. The third-order valence-corrected chi connectivity index (χ3v) is 13.3. The third kappa shape index (κ3) is 18.3. The number of ether oxygens (including phenoxy) is 1. The van der Waals surface area contributed by atoms with E-state index >= 15 is 0 Å². The number of carbonyl (C=O) groups excluding carboxylic acids is 3. The molecule has 7 atom stereocenters. The van der Waals surface area contributed by atoms with Gasteiger partial charge in [-0.05, 0) is 6.42 Å². The van der Waals surface area contributed by atoms with Gasteiger partial charge in [-0.2, -0.15) is 4.31 Å². The van der Waals surface area contributed by atoms with Gasteiger partial charge in [0.25, 0.3) is 0 Å². The standard InChI is InChI=1S/C33H58N7O17P3S/c1-4-5-6-7-8-9-10-11-12-13-24(42)61-17-16-35-23(41)14-15-36-31(45)28(44)33(2,3)19-54-60(51,52)57-59(49,50)53-18-22-27(56-58(46,47)48)26(43)32(55-22)40-21-39-25-29(34)37-20-38-30(25)40/h20-22,26-28,32,43-44H,4-19H2,1-3H3,(H,35,41)(H,36,45)(H,49,50)(H,51,52)(H2,34,37,38)(H2,46,47,48)/t22-,26+,27-,28+,32+/m0/s1. The number of unbranched alkanes of at least 4 members (excludes halogenated alkanes) is 8. The molecule has 3 heterocycles. The van der Waals surface area contributed by atoms with Gasteiger partial charge in [-0.1, -0.05) is 83.9 Å². The normalized spacial score (nSPS) is 20.9. The molecule has 3 rings (SSSR count). The summed E-state index contributed by atoms with van der Waals surface area (Å²) in [5.74, 6) is -1.02. The fraction of sp³-hybridized carbons (Fsp3) is 0.758. The van der Waals surface area contributed by atoms with Gasteiger partial charge in [0.15, 0.2) is 22.8 Å². The van der Waals surface area contributed by atoms with Gasteiger partial charge in [-0.25, -0.2) is 28.6 Å². The van der Waals surface area contributed by atoms with E-state index in [1.54, 1.807) is 0 Å². The van der Waals surface area contributed by atoms with E-state index in [-0.39, 0.29) is 41.6 Å².